The van der Waals surface area contributed by atoms with E-state index in [0.29, 0.717) is 0 Å². The second-order valence-electron chi connectivity index (χ2n) is 3.09. The first-order chi connectivity index (χ1) is 8.04. The van der Waals surface area contributed by atoms with Gasteiger partial charge in [0.25, 0.3) is 0 Å². The molecule has 0 saturated carbocycles. The number of hydrogen-bond donors (Lipinski definition) is 2. The van der Waals surface area contributed by atoms with Gasteiger partial charge in [-0.05, 0) is 0 Å². The molecule has 3 N–H and O–H groups in total. The molecule has 0 bridgehead atoms. The molecule has 90 valence electrons. The van der Waals surface area contributed by atoms with Gasteiger partial charge in [-0.15, -0.1) is 0 Å². The minimum atomic E-state index is -1.46. The minimum Gasteiger partial charge on any atom is -0.504 e. The molecule has 2 rings (SSSR count). The first-order valence-corrected chi connectivity index (χ1v) is 4.44. The lowest BCUT2D eigenvalue weighted by Gasteiger charge is -2.03. The Morgan fingerprint density at radius 3 is 2.59 bits per heavy atom. The molecule has 1 aromatic carbocycles. The van der Waals surface area contributed by atoms with Crippen LogP contribution in [0.15, 0.2) is 10.6 Å². The summed E-state index contributed by atoms with van der Waals surface area (Å²) in [4.78, 5) is 3.57. The summed E-state index contributed by atoms with van der Waals surface area (Å²) < 4.78 is 43.9. The van der Waals surface area contributed by atoms with Crippen molar-refractivity contribution < 1.29 is 22.8 Å². The highest BCUT2D eigenvalue weighted by atomic mass is 19.2. The second kappa shape index (κ2) is 4.06. The predicted octanol–water partition coefficient (Wildman–Crippen LogP) is 1.32. The van der Waals surface area contributed by atoms with Crippen molar-refractivity contribution >= 4 is 0 Å². The van der Waals surface area contributed by atoms with Gasteiger partial charge in [-0.1, -0.05) is 5.16 Å². The maximum Gasteiger partial charge on any atom is 0.240 e. The molecule has 1 heterocycles. The van der Waals surface area contributed by atoms with Gasteiger partial charge in [0.05, 0.1) is 6.54 Å². The molecule has 0 aliphatic carbocycles. The van der Waals surface area contributed by atoms with E-state index in [-0.39, 0.29) is 18.5 Å². The monoisotopic (exact) mass is 245 g/mol. The maximum atomic E-state index is 13.4. The Bertz CT molecular complexity index is 545. The zero-order chi connectivity index (χ0) is 12.6. The SMILES string of the molecule is NCc1nc(-c2c(O)c(F)cc(F)c2F)no1. The molecule has 0 aliphatic rings. The van der Waals surface area contributed by atoms with Crippen molar-refractivity contribution in [2.24, 2.45) is 5.73 Å². The summed E-state index contributed by atoms with van der Waals surface area (Å²) in [5.74, 6) is -5.86. The Hall–Kier alpha value is -2.09. The molecule has 0 radical (unpaired) electrons. The van der Waals surface area contributed by atoms with Crippen LogP contribution in [-0.4, -0.2) is 15.2 Å². The molecule has 0 unspecified atom stereocenters. The van der Waals surface area contributed by atoms with Crippen molar-refractivity contribution in [3.05, 3.63) is 29.4 Å². The van der Waals surface area contributed by atoms with Crippen LogP contribution < -0.4 is 5.73 Å². The predicted molar refractivity (Wildman–Crippen MR) is 49.2 cm³/mol. The van der Waals surface area contributed by atoms with E-state index in [1.807, 2.05) is 0 Å². The highest BCUT2D eigenvalue weighted by Gasteiger charge is 2.23. The molecule has 2 aromatic rings. The number of nitrogens with zero attached hydrogens (tertiary/aromatic N) is 2. The fourth-order valence-corrected chi connectivity index (χ4v) is 1.23. The number of phenolic OH excluding ortho intramolecular Hbond substituents is 1. The van der Waals surface area contributed by atoms with Crippen LogP contribution in [0.4, 0.5) is 13.2 Å². The van der Waals surface area contributed by atoms with Gasteiger partial charge in [0.2, 0.25) is 11.7 Å². The van der Waals surface area contributed by atoms with Crippen molar-refractivity contribution in [3.63, 3.8) is 0 Å². The molecule has 0 atom stereocenters. The van der Waals surface area contributed by atoms with Crippen LogP contribution in [0.5, 0.6) is 5.75 Å². The van der Waals surface area contributed by atoms with Gasteiger partial charge in [-0.3, -0.25) is 0 Å². The van der Waals surface area contributed by atoms with Crippen LogP contribution in [0.25, 0.3) is 11.4 Å². The van der Waals surface area contributed by atoms with E-state index in [2.05, 4.69) is 14.7 Å². The van der Waals surface area contributed by atoms with Crippen LogP contribution in [0, 0.1) is 17.5 Å². The zero-order valence-corrected chi connectivity index (χ0v) is 8.25. The normalized spacial score (nSPS) is 10.8. The van der Waals surface area contributed by atoms with Gasteiger partial charge in [0, 0.05) is 6.07 Å². The molecule has 0 saturated heterocycles. The fraction of sp³-hybridized carbons (Fsp3) is 0.111. The van der Waals surface area contributed by atoms with E-state index < -0.39 is 34.6 Å². The number of aromatic nitrogens is 2. The van der Waals surface area contributed by atoms with Crippen molar-refractivity contribution in [1.82, 2.24) is 10.1 Å². The molecule has 8 heteroatoms. The third-order valence-corrected chi connectivity index (χ3v) is 2.01. The topological polar surface area (TPSA) is 85.2 Å². The lowest BCUT2D eigenvalue weighted by atomic mass is 10.1. The summed E-state index contributed by atoms with van der Waals surface area (Å²) in [5.41, 5.74) is 4.38. The van der Waals surface area contributed by atoms with Crippen LogP contribution in [0.1, 0.15) is 5.89 Å². The second-order valence-corrected chi connectivity index (χ2v) is 3.09. The van der Waals surface area contributed by atoms with Gasteiger partial charge in [-0.25, -0.2) is 13.2 Å². The van der Waals surface area contributed by atoms with Crippen LogP contribution in [0.3, 0.4) is 0 Å². The summed E-state index contributed by atoms with van der Waals surface area (Å²) in [6.45, 7) is -0.118. The molecule has 1 aromatic heterocycles. The molecule has 0 fully saturated rings. The smallest absolute Gasteiger partial charge is 0.240 e. The molecule has 5 nitrogen and oxygen atoms in total. The molecule has 0 amide bonds. The summed E-state index contributed by atoms with van der Waals surface area (Å²) >= 11 is 0. The third kappa shape index (κ3) is 1.82. The van der Waals surface area contributed by atoms with Gasteiger partial charge in [0.1, 0.15) is 5.56 Å². The van der Waals surface area contributed by atoms with E-state index >= 15 is 0 Å². The lowest BCUT2D eigenvalue weighted by molar-refractivity contribution is 0.379. The number of rotatable bonds is 2. The van der Waals surface area contributed by atoms with E-state index in [0.717, 1.165) is 0 Å². The van der Waals surface area contributed by atoms with Crippen LogP contribution >= 0.6 is 0 Å². The first-order valence-electron chi connectivity index (χ1n) is 4.44. The fourth-order valence-electron chi connectivity index (χ4n) is 1.23. The average Bonchev–Trinajstić information content (AvgIpc) is 2.75. The summed E-state index contributed by atoms with van der Waals surface area (Å²) in [7, 11) is 0. The summed E-state index contributed by atoms with van der Waals surface area (Å²) in [6.07, 6.45) is 0. The highest BCUT2D eigenvalue weighted by molar-refractivity contribution is 5.64. The van der Waals surface area contributed by atoms with Gasteiger partial charge in [0.15, 0.2) is 23.2 Å². The molecular formula is C9H6F3N3O2. The van der Waals surface area contributed by atoms with Crippen molar-refractivity contribution in [2.45, 2.75) is 6.54 Å². The Balaban J connectivity index is 2.65. The number of phenols is 1. The van der Waals surface area contributed by atoms with Crippen molar-refractivity contribution in [1.29, 1.82) is 0 Å². The number of nitrogens with two attached hydrogens (primary N) is 1. The summed E-state index contributed by atoms with van der Waals surface area (Å²) in [5, 5.41) is 12.6. The highest BCUT2D eigenvalue weighted by Crippen LogP contribution is 2.33. The Kier molecular flexibility index (Phi) is 2.72. The van der Waals surface area contributed by atoms with E-state index in [1.165, 1.54) is 0 Å². The van der Waals surface area contributed by atoms with Crippen LogP contribution in [-0.2, 0) is 6.54 Å². The van der Waals surface area contributed by atoms with Crippen molar-refractivity contribution in [2.75, 3.05) is 0 Å². The maximum absolute atomic E-state index is 13.4. The minimum absolute atomic E-state index is 0.0523. The third-order valence-electron chi connectivity index (χ3n) is 2.01. The van der Waals surface area contributed by atoms with Crippen molar-refractivity contribution in [3.8, 4) is 17.1 Å². The Labute approximate surface area is 92.7 Å². The molecule has 17 heavy (non-hydrogen) atoms. The number of benzene rings is 1. The molecular weight excluding hydrogens is 239 g/mol. The van der Waals surface area contributed by atoms with E-state index in [9.17, 15) is 18.3 Å². The largest absolute Gasteiger partial charge is 0.504 e. The summed E-state index contributed by atoms with van der Waals surface area (Å²) in [6, 6.07) is 0.220. The lowest BCUT2D eigenvalue weighted by Crippen LogP contribution is -1.97. The van der Waals surface area contributed by atoms with Crippen LogP contribution in [0.2, 0.25) is 0 Å². The Morgan fingerprint density at radius 1 is 1.29 bits per heavy atom. The van der Waals surface area contributed by atoms with E-state index in [1.54, 1.807) is 0 Å². The molecule has 0 aliphatic heterocycles. The van der Waals surface area contributed by atoms with E-state index in [4.69, 9.17) is 5.73 Å². The molecule has 0 spiro atoms. The number of aromatic hydroxyl groups is 1. The standard InChI is InChI=1S/C9H6F3N3O2/c10-3-1-4(11)8(16)6(7(3)12)9-14-5(2-13)17-15-9/h1,16H,2,13H2. The first kappa shape index (κ1) is 11.4. The quantitative estimate of drug-likeness (QED) is 0.779. The number of halogens is 3. The average molecular weight is 245 g/mol. The zero-order valence-electron chi connectivity index (χ0n) is 8.25. The Morgan fingerprint density at radius 2 is 2.00 bits per heavy atom. The number of hydrogen-bond acceptors (Lipinski definition) is 5. The van der Waals surface area contributed by atoms with Gasteiger partial charge in [-0.2, -0.15) is 4.98 Å². The van der Waals surface area contributed by atoms with Gasteiger partial charge < -0.3 is 15.4 Å². The van der Waals surface area contributed by atoms with Gasteiger partial charge >= 0.3 is 0 Å².